The lowest BCUT2D eigenvalue weighted by Gasteiger charge is -2.27. The molecule has 1 N–H and O–H groups in total. The summed E-state index contributed by atoms with van der Waals surface area (Å²) in [4.78, 5) is 40.6. The molecule has 0 spiro atoms. The second kappa shape index (κ2) is 11.1. The van der Waals surface area contributed by atoms with Crippen molar-refractivity contribution in [2.75, 3.05) is 44.8 Å². The number of hydrogen-bond donors (Lipinski definition) is 1. The van der Waals surface area contributed by atoms with E-state index < -0.39 is 11.9 Å². The summed E-state index contributed by atoms with van der Waals surface area (Å²) in [5.74, 6) is -0.698. The number of rotatable bonds is 8. The molecule has 9 heteroatoms. The fraction of sp³-hybridized carbons (Fsp3) is 0.435. The van der Waals surface area contributed by atoms with Crippen molar-refractivity contribution in [3.8, 4) is 5.75 Å². The molecule has 8 nitrogen and oxygen atoms in total. The summed E-state index contributed by atoms with van der Waals surface area (Å²) in [6.45, 7) is 7.59. The van der Waals surface area contributed by atoms with Gasteiger partial charge in [-0.15, -0.1) is 11.3 Å². The highest BCUT2D eigenvalue weighted by molar-refractivity contribution is 7.16. The minimum atomic E-state index is -0.452. The van der Waals surface area contributed by atoms with E-state index in [0.29, 0.717) is 54.6 Å². The minimum Gasteiger partial charge on any atom is -0.483 e. The van der Waals surface area contributed by atoms with Crippen molar-refractivity contribution < 1.29 is 28.6 Å². The molecule has 2 heterocycles. The predicted molar refractivity (Wildman–Crippen MR) is 122 cm³/mol. The van der Waals surface area contributed by atoms with E-state index in [2.05, 4.69) is 5.32 Å². The number of morpholine rings is 1. The molecule has 2 aromatic rings. The molecule has 0 saturated carbocycles. The molecule has 1 saturated heterocycles. The van der Waals surface area contributed by atoms with Crippen molar-refractivity contribution in [3.63, 3.8) is 0 Å². The molecule has 3 rings (SSSR count). The van der Waals surface area contributed by atoms with E-state index in [9.17, 15) is 14.4 Å². The first kappa shape index (κ1) is 23.7. The number of anilines is 1. The molecule has 1 aromatic carbocycles. The summed E-state index contributed by atoms with van der Waals surface area (Å²) in [6, 6.07) is 6.85. The standard InChI is InChI=1S/C23H28N2O6S/c1-4-16-15(3)32-21(20(16)23(28)30-5-2)24-19(26)14-31-18-9-7-6-8-17(18)22(27)25-10-12-29-13-11-25/h6-9H,4-5,10-14H2,1-3H3,(H,24,26). The van der Waals surface area contributed by atoms with Crippen LogP contribution in [0.25, 0.3) is 0 Å². The molecule has 1 fully saturated rings. The molecule has 0 aliphatic carbocycles. The number of benzene rings is 1. The van der Waals surface area contributed by atoms with Gasteiger partial charge in [0.2, 0.25) is 0 Å². The number of nitrogens with one attached hydrogen (secondary N) is 1. The van der Waals surface area contributed by atoms with Crippen LogP contribution in [0.15, 0.2) is 24.3 Å². The first-order valence-corrected chi connectivity index (χ1v) is 11.5. The predicted octanol–water partition coefficient (Wildman–Crippen LogP) is 3.29. The van der Waals surface area contributed by atoms with Crippen LogP contribution in [0.4, 0.5) is 5.00 Å². The molecule has 32 heavy (non-hydrogen) atoms. The summed E-state index contributed by atoms with van der Waals surface area (Å²) in [5.41, 5.74) is 1.66. The number of aryl methyl sites for hydroxylation is 1. The molecule has 0 unspecified atom stereocenters. The Labute approximate surface area is 191 Å². The summed E-state index contributed by atoms with van der Waals surface area (Å²) in [6.07, 6.45) is 0.653. The van der Waals surface area contributed by atoms with Crippen molar-refractivity contribution in [1.82, 2.24) is 4.90 Å². The van der Waals surface area contributed by atoms with Crippen molar-refractivity contribution in [1.29, 1.82) is 0 Å². The molecular weight excluding hydrogens is 432 g/mol. The maximum atomic E-state index is 12.9. The van der Waals surface area contributed by atoms with Gasteiger partial charge in [-0.1, -0.05) is 19.1 Å². The lowest BCUT2D eigenvalue weighted by molar-refractivity contribution is -0.118. The highest BCUT2D eigenvalue weighted by Gasteiger charge is 2.24. The number of ether oxygens (including phenoxy) is 3. The quantitative estimate of drug-likeness (QED) is 0.608. The smallest absolute Gasteiger partial charge is 0.341 e. The second-order valence-corrected chi connectivity index (χ2v) is 8.38. The largest absolute Gasteiger partial charge is 0.483 e. The fourth-order valence-electron chi connectivity index (χ4n) is 3.52. The van der Waals surface area contributed by atoms with Crippen LogP contribution in [0.3, 0.4) is 0 Å². The summed E-state index contributed by atoms with van der Waals surface area (Å²) >= 11 is 1.34. The van der Waals surface area contributed by atoms with Crippen LogP contribution in [-0.4, -0.2) is 62.2 Å². The number of carbonyl (C=O) groups is 3. The Bertz CT molecular complexity index is 981. The van der Waals surface area contributed by atoms with Gasteiger partial charge in [0.05, 0.1) is 30.9 Å². The summed E-state index contributed by atoms with van der Waals surface area (Å²) < 4.78 is 16.2. The van der Waals surface area contributed by atoms with Gasteiger partial charge >= 0.3 is 5.97 Å². The Hall–Kier alpha value is -2.91. The average Bonchev–Trinajstić information content (AvgIpc) is 3.12. The minimum absolute atomic E-state index is 0.157. The van der Waals surface area contributed by atoms with Crippen LogP contribution >= 0.6 is 11.3 Å². The first-order valence-electron chi connectivity index (χ1n) is 10.6. The highest BCUT2D eigenvalue weighted by atomic mass is 32.1. The lowest BCUT2D eigenvalue weighted by atomic mass is 10.1. The maximum absolute atomic E-state index is 12.9. The zero-order valence-electron chi connectivity index (χ0n) is 18.6. The zero-order valence-corrected chi connectivity index (χ0v) is 19.4. The molecule has 1 aliphatic heterocycles. The Balaban J connectivity index is 1.70. The maximum Gasteiger partial charge on any atom is 0.341 e. The van der Waals surface area contributed by atoms with Crippen molar-refractivity contribution in [2.45, 2.75) is 27.2 Å². The van der Waals surface area contributed by atoms with E-state index in [4.69, 9.17) is 14.2 Å². The van der Waals surface area contributed by atoms with Gasteiger partial charge in [-0.25, -0.2) is 4.79 Å². The fourth-order valence-corrected chi connectivity index (χ4v) is 4.67. The molecule has 0 radical (unpaired) electrons. The number of nitrogens with zero attached hydrogens (tertiary/aromatic N) is 1. The van der Waals surface area contributed by atoms with Crippen LogP contribution in [0.2, 0.25) is 0 Å². The Morgan fingerprint density at radius 3 is 2.56 bits per heavy atom. The van der Waals surface area contributed by atoms with Crippen LogP contribution in [-0.2, 0) is 20.7 Å². The van der Waals surface area contributed by atoms with E-state index in [1.807, 2.05) is 13.8 Å². The van der Waals surface area contributed by atoms with E-state index in [-0.39, 0.29) is 19.1 Å². The third-order valence-corrected chi connectivity index (χ3v) is 6.13. The lowest BCUT2D eigenvalue weighted by Crippen LogP contribution is -2.40. The van der Waals surface area contributed by atoms with Crippen molar-refractivity contribution in [2.24, 2.45) is 0 Å². The molecule has 1 aliphatic rings. The van der Waals surface area contributed by atoms with Gasteiger partial charge in [0.25, 0.3) is 11.8 Å². The van der Waals surface area contributed by atoms with Gasteiger partial charge in [-0.2, -0.15) is 0 Å². The Morgan fingerprint density at radius 2 is 1.88 bits per heavy atom. The Morgan fingerprint density at radius 1 is 1.16 bits per heavy atom. The second-order valence-electron chi connectivity index (χ2n) is 7.15. The highest BCUT2D eigenvalue weighted by Crippen LogP contribution is 2.34. The van der Waals surface area contributed by atoms with Gasteiger partial charge in [-0.05, 0) is 38.0 Å². The molecule has 1 aromatic heterocycles. The molecule has 2 amide bonds. The topological polar surface area (TPSA) is 94.2 Å². The monoisotopic (exact) mass is 460 g/mol. The summed E-state index contributed by atoms with van der Waals surface area (Å²) in [7, 11) is 0. The molecule has 0 atom stereocenters. The first-order chi connectivity index (χ1) is 15.5. The zero-order chi connectivity index (χ0) is 23.1. The van der Waals surface area contributed by atoms with Crippen molar-refractivity contribution >= 4 is 34.1 Å². The summed E-state index contributed by atoms with van der Waals surface area (Å²) in [5, 5.41) is 3.22. The van der Waals surface area contributed by atoms with Gasteiger partial charge in [0, 0.05) is 18.0 Å². The number of para-hydroxylation sites is 1. The van der Waals surface area contributed by atoms with Gasteiger partial charge in [-0.3, -0.25) is 9.59 Å². The normalized spacial score (nSPS) is 13.5. The molecule has 172 valence electrons. The number of esters is 1. The number of amides is 2. The molecule has 0 bridgehead atoms. The molecular formula is C23H28N2O6S. The van der Waals surface area contributed by atoms with Crippen LogP contribution in [0.5, 0.6) is 5.75 Å². The van der Waals surface area contributed by atoms with E-state index >= 15 is 0 Å². The van der Waals surface area contributed by atoms with E-state index in [0.717, 1.165) is 10.4 Å². The Kier molecular flexibility index (Phi) is 8.24. The third-order valence-electron chi connectivity index (χ3n) is 5.07. The van der Waals surface area contributed by atoms with E-state index in [1.165, 1.54) is 11.3 Å². The number of carbonyl (C=O) groups excluding carboxylic acids is 3. The third kappa shape index (κ3) is 5.46. The number of hydrogen-bond acceptors (Lipinski definition) is 7. The van der Waals surface area contributed by atoms with Crippen LogP contribution in [0, 0.1) is 6.92 Å². The average molecular weight is 461 g/mol. The van der Waals surface area contributed by atoms with Gasteiger partial charge in [0.15, 0.2) is 6.61 Å². The van der Waals surface area contributed by atoms with Crippen LogP contribution in [0.1, 0.15) is 45.0 Å². The SMILES string of the molecule is CCOC(=O)c1c(NC(=O)COc2ccccc2C(=O)N2CCOCC2)sc(C)c1CC. The van der Waals surface area contributed by atoms with E-state index in [1.54, 1.807) is 36.1 Å². The van der Waals surface area contributed by atoms with Crippen molar-refractivity contribution in [3.05, 3.63) is 45.8 Å². The van der Waals surface area contributed by atoms with Gasteiger partial charge in [0.1, 0.15) is 10.8 Å². The van der Waals surface area contributed by atoms with Crippen LogP contribution < -0.4 is 10.1 Å². The number of thiophene rings is 1. The van der Waals surface area contributed by atoms with Gasteiger partial charge < -0.3 is 24.4 Å².